The predicted molar refractivity (Wildman–Crippen MR) is 107 cm³/mol. The Labute approximate surface area is 171 Å². The molecule has 29 heavy (non-hydrogen) atoms. The first-order valence-corrected chi connectivity index (χ1v) is 10.4. The van der Waals surface area contributed by atoms with Crippen molar-refractivity contribution in [2.75, 3.05) is 32.9 Å². The fourth-order valence-corrected chi connectivity index (χ4v) is 4.17. The molecule has 7 heteroatoms. The highest BCUT2D eigenvalue weighted by Gasteiger charge is 2.41. The van der Waals surface area contributed by atoms with Gasteiger partial charge in [0.05, 0.1) is 31.5 Å². The third kappa shape index (κ3) is 5.23. The number of nitrogens with one attached hydrogen (secondary N) is 1. The maximum absolute atomic E-state index is 12.5. The van der Waals surface area contributed by atoms with Gasteiger partial charge in [-0.15, -0.1) is 0 Å². The van der Waals surface area contributed by atoms with Gasteiger partial charge in [0.15, 0.2) is 0 Å². The Morgan fingerprint density at radius 2 is 2.03 bits per heavy atom. The Morgan fingerprint density at radius 1 is 1.21 bits per heavy atom. The molecule has 2 aliphatic heterocycles. The third-order valence-corrected chi connectivity index (χ3v) is 5.83. The lowest BCUT2D eigenvalue weighted by Crippen LogP contribution is -2.52. The van der Waals surface area contributed by atoms with Crippen molar-refractivity contribution in [2.24, 2.45) is 0 Å². The van der Waals surface area contributed by atoms with Crippen molar-refractivity contribution in [1.29, 1.82) is 0 Å². The Morgan fingerprint density at radius 3 is 2.79 bits per heavy atom. The highest BCUT2D eigenvalue weighted by molar-refractivity contribution is 5.92. The normalized spacial score (nSPS) is 21.4. The van der Waals surface area contributed by atoms with Crippen LogP contribution in [-0.2, 0) is 20.8 Å². The van der Waals surface area contributed by atoms with Gasteiger partial charge in [0.1, 0.15) is 5.69 Å². The lowest BCUT2D eigenvalue weighted by Gasteiger charge is -2.46. The summed E-state index contributed by atoms with van der Waals surface area (Å²) in [6.45, 7) is 3.91. The first-order chi connectivity index (χ1) is 14.2. The SMILES string of the molecule is O=C(c1ccn[nH]1)N1CCC2(CC1)CC(OCCOCc1ccccc1)CCO2. The highest BCUT2D eigenvalue weighted by Crippen LogP contribution is 2.36. The van der Waals surface area contributed by atoms with Crippen LogP contribution in [0.25, 0.3) is 0 Å². The van der Waals surface area contributed by atoms with Crippen LogP contribution < -0.4 is 0 Å². The summed E-state index contributed by atoms with van der Waals surface area (Å²) < 4.78 is 18.0. The van der Waals surface area contributed by atoms with Crippen molar-refractivity contribution in [1.82, 2.24) is 15.1 Å². The number of hydrogen-bond acceptors (Lipinski definition) is 5. The topological polar surface area (TPSA) is 76.7 Å². The van der Waals surface area contributed by atoms with Gasteiger partial charge >= 0.3 is 0 Å². The molecule has 1 aromatic heterocycles. The van der Waals surface area contributed by atoms with Gasteiger partial charge in [0, 0.05) is 32.3 Å². The maximum atomic E-state index is 12.5. The second-order valence-corrected chi connectivity index (χ2v) is 7.82. The minimum Gasteiger partial charge on any atom is -0.376 e. The van der Waals surface area contributed by atoms with Gasteiger partial charge < -0.3 is 19.1 Å². The van der Waals surface area contributed by atoms with Crippen LogP contribution in [0.1, 0.15) is 41.7 Å². The summed E-state index contributed by atoms with van der Waals surface area (Å²) in [7, 11) is 0. The third-order valence-electron chi connectivity index (χ3n) is 5.83. The molecular weight excluding hydrogens is 370 g/mol. The zero-order valence-electron chi connectivity index (χ0n) is 16.7. The number of nitrogens with zero attached hydrogens (tertiary/aromatic N) is 2. The molecular formula is C22H29N3O4. The van der Waals surface area contributed by atoms with Crippen molar-refractivity contribution in [3.05, 3.63) is 53.9 Å². The quantitative estimate of drug-likeness (QED) is 0.725. The number of carbonyl (C=O) groups is 1. The number of likely N-dealkylation sites (tertiary alicyclic amines) is 1. The second kappa shape index (κ2) is 9.52. The number of aromatic amines is 1. The van der Waals surface area contributed by atoms with Gasteiger partial charge in [-0.05, 0) is 30.9 Å². The zero-order valence-corrected chi connectivity index (χ0v) is 16.7. The first kappa shape index (κ1) is 20.1. The molecule has 0 saturated carbocycles. The summed E-state index contributed by atoms with van der Waals surface area (Å²) in [4.78, 5) is 14.4. The molecule has 2 aliphatic rings. The van der Waals surface area contributed by atoms with E-state index in [0.717, 1.165) is 25.7 Å². The molecule has 1 N–H and O–H groups in total. The molecule has 4 rings (SSSR count). The number of hydrogen-bond donors (Lipinski definition) is 1. The molecule has 1 unspecified atom stereocenters. The van der Waals surface area contributed by atoms with E-state index in [0.29, 0.717) is 45.2 Å². The van der Waals surface area contributed by atoms with Crippen LogP contribution in [0.3, 0.4) is 0 Å². The molecule has 0 aliphatic carbocycles. The fourth-order valence-electron chi connectivity index (χ4n) is 4.17. The first-order valence-electron chi connectivity index (χ1n) is 10.4. The average Bonchev–Trinajstić information content (AvgIpc) is 3.30. The van der Waals surface area contributed by atoms with E-state index in [9.17, 15) is 4.79 Å². The average molecular weight is 399 g/mol. The van der Waals surface area contributed by atoms with E-state index in [-0.39, 0.29) is 17.6 Å². The molecule has 1 spiro atoms. The number of benzene rings is 1. The van der Waals surface area contributed by atoms with E-state index >= 15 is 0 Å². The van der Waals surface area contributed by atoms with E-state index in [2.05, 4.69) is 22.3 Å². The number of carbonyl (C=O) groups excluding carboxylic acids is 1. The van der Waals surface area contributed by atoms with E-state index in [1.165, 1.54) is 5.56 Å². The molecule has 0 radical (unpaired) electrons. The number of H-pyrrole nitrogens is 1. The summed E-state index contributed by atoms with van der Waals surface area (Å²) in [6.07, 6.45) is 5.29. The number of aromatic nitrogens is 2. The maximum Gasteiger partial charge on any atom is 0.271 e. The number of amides is 1. The summed E-state index contributed by atoms with van der Waals surface area (Å²) in [5, 5.41) is 6.62. The van der Waals surface area contributed by atoms with Crippen LogP contribution in [0, 0.1) is 0 Å². The van der Waals surface area contributed by atoms with E-state index in [1.807, 2.05) is 23.1 Å². The molecule has 1 amide bonds. The molecule has 7 nitrogen and oxygen atoms in total. The van der Waals surface area contributed by atoms with Crippen LogP contribution >= 0.6 is 0 Å². The summed E-state index contributed by atoms with van der Waals surface area (Å²) >= 11 is 0. The van der Waals surface area contributed by atoms with Gasteiger partial charge in [-0.1, -0.05) is 30.3 Å². The van der Waals surface area contributed by atoms with Crippen molar-refractivity contribution in [3.8, 4) is 0 Å². The Balaban J connectivity index is 1.18. The zero-order chi connectivity index (χ0) is 19.9. The number of piperidine rings is 1. The monoisotopic (exact) mass is 399 g/mol. The molecule has 2 saturated heterocycles. The molecule has 2 fully saturated rings. The minimum atomic E-state index is -0.168. The van der Waals surface area contributed by atoms with Crippen LogP contribution in [0.2, 0.25) is 0 Å². The van der Waals surface area contributed by atoms with Gasteiger partial charge in [-0.3, -0.25) is 9.89 Å². The molecule has 0 bridgehead atoms. The van der Waals surface area contributed by atoms with Crippen LogP contribution in [0.5, 0.6) is 0 Å². The van der Waals surface area contributed by atoms with Gasteiger partial charge in [-0.2, -0.15) is 5.10 Å². The van der Waals surface area contributed by atoms with Crippen molar-refractivity contribution in [2.45, 2.75) is 44.0 Å². The van der Waals surface area contributed by atoms with E-state index in [4.69, 9.17) is 14.2 Å². The van der Waals surface area contributed by atoms with Crippen molar-refractivity contribution >= 4 is 5.91 Å². The number of rotatable bonds is 7. The van der Waals surface area contributed by atoms with Gasteiger partial charge in [-0.25, -0.2) is 0 Å². The molecule has 1 aromatic carbocycles. The van der Waals surface area contributed by atoms with Crippen molar-refractivity contribution < 1.29 is 19.0 Å². The minimum absolute atomic E-state index is 0.0107. The van der Waals surface area contributed by atoms with Crippen LogP contribution in [0.4, 0.5) is 0 Å². The van der Waals surface area contributed by atoms with Gasteiger partial charge in [0.25, 0.3) is 5.91 Å². The largest absolute Gasteiger partial charge is 0.376 e. The highest BCUT2D eigenvalue weighted by atomic mass is 16.5. The van der Waals surface area contributed by atoms with E-state index < -0.39 is 0 Å². The lowest BCUT2D eigenvalue weighted by atomic mass is 9.83. The predicted octanol–water partition coefficient (Wildman–Crippen LogP) is 2.80. The molecule has 3 heterocycles. The number of ether oxygens (including phenoxy) is 3. The lowest BCUT2D eigenvalue weighted by molar-refractivity contribution is -0.155. The second-order valence-electron chi connectivity index (χ2n) is 7.82. The summed E-state index contributed by atoms with van der Waals surface area (Å²) in [6, 6.07) is 11.9. The van der Waals surface area contributed by atoms with Crippen LogP contribution in [-0.4, -0.2) is 65.6 Å². The summed E-state index contributed by atoms with van der Waals surface area (Å²) in [5.41, 5.74) is 1.55. The Bertz CT molecular complexity index is 758. The van der Waals surface area contributed by atoms with E-state index in [1.54, 1.807) is 12.3 Å². The Kier molecular flexibility index (Phi) is 6.59. The molecule has 156 valence electrons. The van der Waals surface area contributed by atoms with Crippen molar-refractivity contribution in [3.63, 3.8) is 0 Å². The standard InChI is InChI=1S/C22H29N3O4/c26-21(20-6-10-23-24-20)25-11-8-22(9-12-25)16-19(7-13-29-22)28-15-14-27-17-18-4-2-1-3-5-18/h1-6,10,19H,7-9,11-17H2,(H,23,24). The Hall–Kier alpha value is -2.22. The molecule has 1 atom stereocenters. The molecule has 2 aromatic rings. The van der Waals surface area contributed by atoms with Gasteiger partial charge in [0.2, 0.25) is 0 Å². The smallest absolute Gasteiger partial charge is 0.271 e. The summed E-state index contributed by atoms with van der Waals surface area (Å²) in [5.74, 6) is 0.0107. The fraction of sp³-hybridized carbons (Fsp3) is 0.545. The van der Waals surface area contributed by atoms with Crippen LogP contribution in [0.15, 0.2) is 42.6 Å².